The highest BCUT2D eigenvalue weighted by Gasteiger charge is 2.31. The van der Waals surface area contributed by atoms with E-state index >= 15 is 0 Å². The maximum Gasteiger partial charge on any atom is 0.249 e. The lowest BCUT2D eigenvalue weighted by Crippen LogP contribution is -2.30. The maximum atomic E-state index is 12.0. The molecule has 4 N–H and O–H groups in total. The second kappa shape index (κ2) is 4.93. The van der Waals surface area contributed by atoms with E-state index in [1.54, 1.807) is 12.1 Å². The van der Waals surface area contributed by atoms with Gasteiger partial charge in [0.1, 0.15) is 0 Å². The van der Waals surface area contributed by atoms with Gasteiger partial charge in [-0.15, -0.1) is 0 Å². The first kappa shape index (κ1) is 16.2. The number of amides is 2. The van der Waals surface area contributed by atoms with Crippen molar-refractivity contribution >= 4 is 11.8 Å². The van der Waals surface area contributed by atoms with E-state index in [-0.39, 0.29) is 5.41 Å². The lowest BCUT2D eigenvalue weighted by Gasteiger charge is -2.30. The van der Waals surface area contributed by atoms with Gasteiger partial charge in [0.05, 0.1) is 0 Å². The summed E-state index contributed by atoms with van der Waals surface area (Å²) in [6, 6.07) is 3.46. The largest absolute Gasteiger partial charge is 0.366 e. The summed E-state index contributed by atoms with van der Waals surface area (Å²) in [5.74, 6) is -1.07. The summed E-state index contributed by atoms with van der Waals surface area (Å²) >= 11 is 0. The van der Waals surface area contributed by atoms with Crippen LogP contribution in [0.2, 0.25) is 0 Å². The van der Waals surface area contributed by atoms with Crippen molar-refractivity contribution in [3.63, 3.8) is 0 Å². The van der Waals surface area contributed by atoms with Crippen LogP contribution in [0, 0.1) is 0 Å². The van der Waals surface area contributed by atoms with Gasteiger partial charge >= 0.3 is 0 Å². The minimum absolute atomic E-state index is 0.249. The average Bonchev–Trinajstić information content (AvgIpc) is 2.24. The van der Waals surface area contributed by atoms with E-state index in [0.717, 1.165) is 5.56 Å². The van der Waals surface area contributed by atoms with Crippen molar-refractivity contribution in [1.29, 1.82) is 0 Å². The molecule has 0 aliphatic carbocycles. The van der Waals surface area contributed by atoms with Gasteiger partial charge in [0.2, 0.25) is 11.8 Å². The van der Waals surface area contributed by atoms with Crippen LogP contribution < -0.4 is 11.5 Å². The van der Waals surface area contributed by atoms with Gasteiger partial charge in [0.15, 0.2) is 0 Å². The first-order valence-electron chi connectivity index (χ1n) is 6.65. The molecule has 0 fully saturated rings. The van der Waals surface area contributed by atoms with Crippen LogP contribution >= 0.6 is 0 Å². The van der Waals surface area contributed by atoms with E-state index in [1.165, 1.54) is 0 Å². The highest BCUT2D eigenvalue weighted by atomic mass is 16.1. The minimum Gasteiger partial charge on any atom is -0.366 e. The Morgan fingerprint density at radius 3 is 1.65 bits per heavy atom. The minimum atomic E-state index is -0.544. The molecule has 0 aromatic heterocycles. The standard InChI is InChI=1S/C16H24N2O2/c1-15(2,3)10-8-7-9(13(17)19)12(16(4,5)6)11(10)14(18)20/h7-8H,1-6H3,(H2,17,19)(H2,18,20). The lowest BCUT2D eigenvalue weighted by molar-refractivity contribution is 0.0995. The van der Waals surface area contributed by atoms with Crippen LogP contribution in [0.5, 0.6) is 0 Å². The maximum absolute atomic E-state index is 12.0. The molecular weight excluding hydrogens is 252 g/mol. The number of benzene rings is 1. The van der Waals surface area contributed by atoms with Crippen molar-refractivity contribution in [3.05, 3.63) is 34.4 Å². The molecule has 0 radical (unpaired) electrons. The summed E-state index contributed by atoms with van der Waals surface area (Å²) in [6.45, 7) is 11.8. The van der Waals surface area contributed by atoms with Crippen molar-refractivity contribution in [2.45, 2.75) is 52.4 Å². The fourth-order valence-electron chi connectivity index (χ4n) is 2.47. The van der Waals surface area contributed by atoms with Crippen molar-refractivity contribution in [3.8, 4) is 0 Å². The number of rotatable bonds is 2. The molecule has 0 spiro atoms. The smallest absolute Gasteiger partial charge is 0.249 e. The van der Waals surface area contributed by atoms with Crippen LogP contribution in [0.15, 0.2) is 12.1 Å². The first-order valence-corrected chi connectivity index (χ1v) is 6.65. The summed E-state index contributed by atoms with van der Waals surface area (Å²) in [7, 11) is 0. The zero-order chi connectivity index (χ0) is 15.9. The molecule has 1 rings (SSSR count). The molecule has 0 aliphatic heterocycles. The molecular formula is C16H24N2O2. The Bertz CT molecular complexity index is 561. The molecule has 0 bridgehead atoms. The molecule has 1 aromatic rings. The Morgan fingerprint density at radius 2 is 1.35 bits per heavy atom. The van der Waals surface area contributed by atoms with E-state index in [0.29, 0.717) is 16.7 Å². The Hall–Kier alpha value is -1.84. The van der Waals surface area contributed by atoms with E-state index in [4.69, 9.17) is 11.5 Å². The zero-order valence-electron chi connectivity index (χ0n) is 13.1. The van der Waals surface area contributed by atoms with E-state index in [9.17, 15) is 9.59 Å². The van der Waals surface area contributed by atoms with Gasteiger partial charge in [-0.05, 0) is 28.0 Å². The summed E-state index contributed by atoms with van der Waals surface area (Å²) in [5.41, 5.74) is 12.6. The molecule has 0 saturated carbocycles. The summed E-state index contributed by atoms with van der Waals surface area (Å²) in [5, 5.41) is 0. The van der Waals surface area contributed by atoms with Gasteiger partial charge < -0.3 is 11.5 Å². The van der Waals surface area contributed by atoms with Crippen molar-refractivity contribution < 1.29 is 9.59 Å². The van der Waals surface area contributed by atoms with Gasteiger partial charge in [-0.1, -0.05) is 47.6 Å². The monoisotopic (exact) mass is 276 g/mol. The van der Waals surface area contributed by atoms with Crippen LogP contribution in [0.1, 0.15) is 73.4 Å². The van der Waals surface area contributed by atoms with E-state index in [2.05, 4.69) is 0 Å². The predicted molar refractivity (Wildman–Crippen MR) is 80.9 cm³/mol. The molecule has 4 nitrogen and oxygen atoms in total. The van der Waals surface area contributed by atoms with Gasteiger partial charge in [0.25, 0.3) is 0 Å². The Kier molecular flexibility index (Phi) is 3.99. The summed E-state index contributed by atoms with van der Waals surface area (Å²) in [4.78, 5) is 23.7. The zero-order valence-corrected chi connectivity index (χ0v) is 13.1. The number of carbonyl (C=O) groups is 2. The fraction of sp³-hybridized carbons (Fsp3) is 0.500. The second-order valence-electron chi connectivity index (χ2n) is 7.14. The van der Waals surface area contributed by atoms with E-state index < -0.39 is 17.2 Å². The van der Waals surface area contributed by atoms with Crippen LogP contribution in [-0.4, -0.2) is 11.8 Å². The molecule has 0 heterocycles. The number of hydrogen-bond donors (Lipinski definition) is 2. The van der Waals surface area contributed by atoms with Crippen molar-refractivity contribution in [1.82, 2.24) is 0 Å². The summed E-state index contributed by atoms with van der Waals surface area (Å²) < 4.78 is 0. The summed E-state index contributed by atoms with van der Waals surface area (Å²) in [6.07, 6.45) is 0. The average molecular weight is 276 g/mol. The Balaban J connectivity index is 3.91. The van der Waals surface area contributed by atoms with Gasteiger partial charge in [0, 0.05) is 11.1 Å². The molecule has 20 heavy (non-hydrogen) atoms. The Morgan fingerprint density at radius 1 is 0.850 bits per heavy atom. The van der Waals surface area contributed by atoms with Crippen molar-refractivity contribution in [2.24, 2.45) is 11.5 Å². The molecule has 2 amide bonds. The highest BCUT2D eigenvalue weighted by molar-refractivity contribution is 6.02. The van der Waals surface area contributed by atoms with Gasteiger partial charge in [-0.2, -0.15) is 0 Å². The molecule has 0 atom stereocenters. The molecule has 1 aromatic carbocycles. The lowest BCUT2D eigenvalue weighted by atomic mass is 9.74. The molecule has 0 unspecified atom stereocenters. The van der Waals surface area contributed by atoms with Crippen LogP contribution in [-0.2, 0) is 10.8 Å². The molecule has 110 valence electrons. The molecule has 0 saturated heterocycles. The van der Waals surface area contributed by atoms with Gasteiger partial charge in [-0.25, -0.2) is 0 Å². The third-order valence-electron chi connectivity index (χ3n) is 3.28. The first-order chi connectivity index (χ1) is 8.87. The second-order valence-corrected chi connectivity index (χ2v) is 7.14. The van der Waals surface area contributed by atoms with Gasteiger partial charge in [-0.3, -0.25) is 9.59 Å². The number of nitrogens with two attached hydrogens (primary N) is 2. The normalized spacial score (nSPS) is 12.3. The number of hydrogen-bond acceptors (Lipinski definition) is 2. The van der Waals surface area contributed by atoms with E-state index in [1.807, 2.05) is 41.5 Å². The predicted octanol–water partition coefficient (Wildman–Crippen LogP) is 2.48. The number of carbonyl (C=O) groups excluding carboxylic acids is 2. The van der Waals surface area contributed by atoms with Crippen LogP contribution in [0.3, 0.4) is 0 Å². The fourth-order valence-corrected chi connectivity index (χ4v) is 2.47. The number of primary amides is 2. The van der Waals surface area contributed by atoms with Crippen LogP contribution in [0.4, 0.5) is 0 Å². The third kappa shape index (κ3) is 3.00. The Labute approximate surface area is 120 Å². The van der Waals surface area contributed by atoms with Crippen molar-refractivity contribution in [2.75, 3.05) is 0 Å². The molecule has 0 aliphatic rings. The quantitative estimate of drug-likeness (QED) is 0.869. The highest BCUT2D eigenvalue weighted by Crippen LogP contribution is 2.36. The van der Waals surface area contributed by atoms with Crippen LogP contribution in [0.25, 0.3) is 0 Å². The topological polar surface area (TPSA) is 86.2 Å². The third-order valence-corrected chi connectivity index (χ3v) is 3.28. The molecule has 4 heteroatoms. The SMILES string of the molecule is CC(C)(C)c1ccc(C(N)=O)c(C(C)(C)C)c1C(N)=O.